The predicted octanol–water partition coefficient (Wildman–Crippen LogP) is 2.88. The fourth-order valence-corrected chi connectivity index (χ4v) is 3.79. The van der Waals surface area contributed by atoms with Crippen LogP contribution in [0.1, 0.15) is 52.4 Å². The van der Waals surface area contributed by atoms with Crippen LogP contribution in [-0.4, -0.2) is 23.9 Å². The number of hydrogen-bond donors (Lipinski definition) is 1. The Morgan fingerprint density at radius 1 is 1.44 bits per heavy atom. The number of ether oxygens (including phenoxy) is 1. The Hall–Kier alpha value is -0.590. The van der Waals surface area contributed by atoms with Gasteiger partial charge in [0.2, 0.25) is 0 Å². The summed E-state index contributed by atoms with van der Waals surface area (Å²) in [6.45, 7) is 5.48. The molecule has 1 saturated heterocycles. The maximum absolute atomic E-state index is 11.0. The second-order valence-corrected chi connectivity index (χ2v) is 6.62. The van der Waals surface area contributed by atoms with Crippen molar-refractivity contribution in [2.45, 2.75) is 58.0 Å². The molecule has 0 amide bonds. The van der Waals surface area contributed by atoms with Crippen LogP contribution in [0.25, 0.3) is 0 Å². The molecule has 1 heterocycles. The molecule has 0 aromatic rings. The maximum Gasteiger partial charge on any atom is 0.111 e. The summed E-state index contributed by atoms with van der Waals surface area (Å²) in [5, 5.41) is 20.5. The summed E-state index contributed by atoms with van der Waals surface area (Å²) < 4.78 is 5.40. The molecule has 3 heteroatoms. The minimum absolute atomic E-state index is 0.411. The highest BCUT2D eigenvalue weighted by Gasteiger charge is 2.54. The minimum atomic E-state index is -0.823. The van der Waals surface area contributed by atoms with Gasteiger partial charge in [0.1, 0.15) is 5.41 Å². The van der Waals surface area contributed by atoms with Gasteiger partial charge >= 0.3 is 0 Å². The predicted molar refractivity (Wildman–Crippen MR) is 69.8 cm³/mol. The van der Waals surface area contributed by atoms with E-state index < -0.39 is 11.0 Å². The molecule has 1 aliphatic heterocycles. The van der Waals surface area contributed by atoms with Gasteiger partial charge in [-0.25, -0.2) is 0 Å². The van der Waals surface area contributed by atoms with Gasteiger partial charge in [0.15, 0.2) is 0 Å². The summed E-state index contributed by atoms with van der Waals surface area (Å²) in [7, 11) is 0. The molecular formula is C15H25NO2. The zero-order chi connectivity index (χ0) is 13.2. The van der Waals surface area contributed by atoms with Crippen LogP contribution in [0.15, 0.2) is 0 Å². The molecule has 3 unspecified atom stereocenters. The zero-order valence-electron chi connectivity index (χ0n) is 11.6. The molecule has 0 aromatic heterocycles. The van der Waals surface area contributed by atoms with E-state index in [1.165, 1.54) is 6.42 Å². The van der Waals surface area contributed by atoms with Crippen LogP contribution in [0, 0.1) is 28.6 Å². The Labute approximate surface area is 110 Å². The lowest BCUT2D eigenvalue weighted by Crippen LogP contribution is -2.51. The van der Waals surface area contributed by atoms with E-state index in [1.54, 1.807) is 0 Å². The average Bonchev–Trinajstić information content (AvgIpc) is 2.78. The molecule has 3 nitrogen and oxygen atoms in total. The molecule has 1 N–H and O–H groups in total. The second-order valence-electron chi connectivity index (χ2n) is 6.62. The Morgan fingerprint density at radius 3 is 2.78 bits per heavy atom. The van der Waals surface area contributed by atoms with Gasteiger partial charge in [0, 0.05) is 6.61 Å². The first-order valence-electron chi connectivity index (χ1n) is 7.23. The fraction of sp³-hybridized carbons (Fsp3) is 0.933. The molecule has 0 aromatic carbocycles. The van der Waals surface area contributed by atoms with Crippen molar-refractivity contribution in [1.29, 1.82) is 5.26 Å². The van der Waals surface area contributed by atoms with Crippen molar-refractivity contribution in [1.82, 2.24) is 0 Å². The third kappa shape index (κ3) is 2.41. The van der Waals surface area contributed by atoms with E-state index in [9.17, 15) is 10.4 Å². The van der Waals surface area contributed by atoms with Crippen molar-refractivity contribution >= 4 is 0 Å². The first-order chi connectivity index (χ1) is 8.51. The van der Waals surface area contributed by atoms with Crippen molar-refractivity contribution in [3.8, 4) is 6.07 Å². The first kappa shape index (κ1) is 13.8. The van der Waals surface area contributed by atoms with E-state index in [-0.39, 0.29) is 0 Å². The summed E-state index contributed by atoms with van der Waals surface area (Å²) in [6, 6.07) is 2.39. The van der Waals surface area contributed by atoms with E-state index in [4.69, 9.17) is 4.74 Å². The Bertz CT molecular complexity index is 328. The van der Waals surface area contributed by atoms with Gasteiger partial charge in [-0.1, -0.05) is 26.7 Å². The standard InChI is InChI=1S/C15H25NO2/c1-12(2)8-13-4-3-5-15(17,9-13)14(10-16)6-7-18-11-14/h12-13,17H,3-9,11H2,1-2H3. The molecular weight excluding hydrogens is 226 g/mol. The smallest absolute Gasteiger partial charge is 0.111 e. The van der Waals surface area contributed by atoms with Crippen LogP contribution in [0.5, 0.6) is 0 Å². The number of rotatable bonds is 3. The van der Waals surface area contributed by atoms with Crippen LogP contribution in [-0.2, 0) is 4.74 Å². The summed E-state index contributed by atoms with van der Waals surface area (Å²) in [4.78, 5) is 0. The number of nitrogens with zero attached hydrogens (tertiary/aromatic N) is 1. The van der Waals surface area contributed by atoms with Crippen molar-refractivity contribution in [2.24, 2.45) is 17.3 Å². The SMILES string of the molecule is CC(C)CC1CCCC(O)(C2(C#N)CCOC2)C1. The quantitative estimate of drug-likeness (QED) is 0.839. The van der Waals surface area contributed by atoms with Gasteiger partial charge in [-0.3, -0.25) is 0 Å². The maximum atomic E-state index is 11.0. The third-order valence-corrected chi connectivity index (χ3v) is 4.76. The molecule has 3 atom stereocenters. The van der Waals surface area contributed by atoms with Gasteiger partial charge in [-0.2, -0.15) is 5.26 Å². The van der Waals surface area contributed by atoms with Crippen molar-refractivity contribution in [2.75, 3.05) is 13.2 Å². The van der Waals surface area contributed by atoms with E-state index in [0.29, 0.717) is 31.5 Å². The van der Waals surface area contributed by atoms with Crippen LogP contribution >= 0.6 is 0 Å². The lowest BCUT2D eigenvalue weighted by atomic mass is 9.62. The van der Waals surface area contributed by atoms with E-state index >= 15 is 0 Å². The van der Waals surface area contributed by atoms with Gasteiger partial charge in [0.05, 0.1) is 18.3 Å². The van der Waals surface area contributed by atoms with Gasteiger partial charge < -0.3 is 9.84 Å². The molecule has 0 spiro atoms. The monoisotopic (exact) mass is 251 g/mol. The molecule has 2 fully saturated rings. The van der Waals surface area contributed by atoms with Gasteiger partial charge in [-0.15, -0.1) is 0 Å². The zero-order valence-corrected chi connectivity index (χ0v) is 11.6. The highest BCUT2D eigenvalue weighted by Crippen LogP contribution is 2.49. The molecule has 1 saturated carbocycles. The van der Waals surface area contributed by atoms with Gasteiger partial charge in [-0.05, 0) is 37.5 Å². The summed E-state index contributed by atoms with van der Waals surface area (Å²) in [5.41, 5.74) is -1.47. The van der Waals surface area contributed by atoms with E-state index in [2.05, 4.69) is 19.9 Å². The summed E-state index contributed by atoms with van der Waals surface area (Å²) in [5.74, 6) is 1.23. The minimum Gasteiger partial charge on any atom is -0.388 e. The number of hydrogen-bond acceptors (Lipinski definition) is 3. The third-order valence-electron chi connectivity index (χ3n) is 4.76. The molecule has 18 heavy (non-hydrogen) atoms. The van der Waals surface area contributed by atoms with Crippen LogP contribution in [0.4, 0.5) is 0 Å². The van der Waals surface area contributed by atoms with Crippen LogP contribution in [0.3, 0.4) is 0 Å². The topological polar surface area (TPSA) is 53.2 Å². The van der Waals surface area contributed by atoms with Crippen molar-refractivity contribution in [3.05, 3.63) is 0 Å². The van der Waals surface area contributed by atoms with Gasteiger partial charge in [0.25, 0.3) is 0 Å². The molecule has 2 aliphatic rings. The van der Waals surface area contributed by atoms with Crippen molar-refractivity contribution in [3.63, 3.8) is 0 Å². The summed E-state index contributed by atoms with van der Waals surface area (Å²) in [6.07, 6.45) is 5.62. The lowest BCUT2D eigenvalue weighted by molar-refractivity contribution is -0.0991. The van der Waals surface area contributed by atoms with E-state index in [0.717, 1.165) is 25.7 Å². The summed E-state index contributed by atoms with van der Waals surface area (Å²) >= 11 is 0. The molecule has 2 rings (SSSR count). The van der Waals surface area contributed by atoms with Crippen LogP contribution in [0.2, 0.25) is 0 Å². The number of nitriles is 1. The molecule has 0 bridgehead atoms. The highest BCUT2D eigenvalue weighted by molar-refractivity contribution is 5.14. The second kappa shape index (κ2) is 5.19. The van der Waals surface area contributed by atoms with E-state index in [1.807, 2.05) is 0 Å². The Morgan fingerprint density at radius 2 is 2.22 bits per heavy atom. The Kier molecular flexibility index (Phi) is 3.99. The molecule has 102 valence electrons. The highest BCUT2D eigenvalue weighted by atomic mass is 16.5. The molecule has 0 radical (unpaired) electrons. The average molecular weight is 251 g/mol. The van der Waals surface area contributed by atoms with Crippen LogP contribution < -0.4 is 0 Å². The first-order valence-corrected chi connectivity index (χ1v) is 7.23. The molecule has 1 aliphatic carbocycles. The Balaban J connectivity index is 2.12. The van der Waals surface area contributed by atoms with Crippen molar-refractivity contribution < 1.29 is 9.84 Å². The fourth-order valence-electron chi connectivity index (χ4n) is 3.79. The normalized spacial score (nSPS) is 40.9. The number of aliphatic hydroxyl groups is 1. The largest absolute Gasteiger partial charge is 0.388 e. The lowest BCUT2D eigenvalue weighted by Gasteiger charge is -2.45.